The predicted octanol–water partition coefficient (Wildman–Crippen LogP) is 0.542. The summed E-state index contributed by atoms with van der Waals surface area (Å²) in [6.45, 7) is 1.72. The van der Waals surface area contributed by atoms with Gasteiger partial charge in [-0.2, -0.15) is 4.31 Å². The Morgan fingerprint density at radius 1 is 1.16 bits per heavy atom. The fourth-order valence-electron chi connectivity index (χ4n) is 2.39. The normalized spacial score (nSPS) is 22.9. The van der Waals surface area contributed by atoms with Crippen molar-refractivity contribution in [2.75, 3.05) is 17.9 Å². The molecular formula is C11H21NO5S2. The zero-order chi connectivity index (χ0) is 14.7. The van der Waals surface area contributed by atoms with Crippen molar-refractivity contribution in [2.24, 2.45) is 0 Å². The van der Waals surface area contributed by atoms with E-state index in [9.17, 15) is 21.6 Å². The van der Waals surface area contributed by atoms with Gasteiger partial charge in [0, 0.05) is 25.3 Å². The highest BCUT2D eigenvalue weighted by Gasteiger charge is 2.33. The van der Waals surface area contributed by atoms with Crippen molar-refractivity contribution in [3.63, 3.8) is 0 Å². The SMILES string of the molecule is CC(=O)CC1CCCCCN1S(=O)(=O)CS(C)(=O)=O. The predicted molar refractivity (Wildman–Crippen MR) is 72.9 cm³/mol. The highest BCUT2D eigenvalue weighted by atomic mass is 32.3. The fraction of sp³-hybridized carbons (Fsp3) is 0.909. The molecule has 1 aliphatic heterocycles. The van der Waals surface area contributed by atoms with Crippen LogP contribution in [-0.2, 0) is 24.7 Å². The molecule has 1 aliphatic rings. The topological polar surface area (TPSA) is 88.6 Å². The molecule has 1 unspecified atom stereocenters. The van der Waals surface area contributed by atoms with Crippen LogP contribution in [0.3, 0.4) is 0 Å². The molecule has 0 spiro atoms. The Labute approximate surface area is 115 Å². The number of Topliss-reactive ketones (excluding diaryl/α,β-unsaturated/α-hetero) is 1. The second kappa shape index (κ2) is 6.32. The molecule has 1 rings (SSSR count). The van der Waals surface area contributed by atoms with Crippen molar-refractivity contribution < 1.29 is 21.6 Å². The molecular weight excluding hydrogens is 290 g/mol. The lowest BCUT2D eigenvalue weighted by Gasteiger charge is -2.28. The van der Waals surface area contributed by atoms with Gasteiger partial charge < -0.3 is 0 Å². The lowest BCUT2D eigenvalue weighted by Crippen LogP contribution is -2.43. The summed E-state index contributed by atoms with van der Waals surface area (Å²) in [6.07, 6.45) is 4.15. The van der Waals surface area contributed by atoms with Gasteiger partial charge in [0.1, 0.15) is 5.78 Å². The van der Waals surface area contributed by atoms with Gasteiger partial charge in [-0.3, -0.25) is 4.79 Å². The first-order valence-electron chi connectivity index (χ1n) is 6.28. The Hall–Kier alpha value is -0.470. The number of hydrogen-bond acceptors (Lipinski definition) is 5. The van der Waals surface area contributed by atoms with Crippen LogP contribution in [0.1, 0.15) is 39.0 Å². The van der Waals surface area contributed by atoms with Crippen molar-refractivity contribution >= 4 is 25.6 Å². The quantitative estimate of drug-likeness (QED) is 0.739. The maximum absolute atomic E-state index is 12.2. The summed E-state index contributed by atoms with van der Waals surface area (Å²) in [5.41, 5.74) is 0. The van der Waals surface area contributed by atoms with Gasteiger partial charge in [-0.25, -0.2) is 16.8 Å². The lowest BCUT2D eigenvalue weighted by molar-refractivity contribution is -0.117. The molecule has 0 radical (unpaired) electrons. The summed E-state index contributed by atoms with van der Waals surface area (Å²) >= 11 is 0. The number of nitrogens with zero attached hydrogens (tertiary/aromatic N) is 1. The van der Waals surface area contributed by atoms with Crippen LogP contribution in [0.5, 0.6) is 0 Å². The van der Waals surface area contributed by atoms with E-state index in [0.29, 0.717) is 19.4 Å². The summed E-state index contributed by atoms with van der Waals surface area (Å²) in [6, 6.07) is -0.397. The zero-order valence-corrected chi connectivity index (χ0v) is 13.0. The van der Waals surface area contributed by atoms with Crippen molar-refractivity contribution in [3.05, 3.63) is 0 Å². The number of carbonyl (C=O) groups excluding carboxylic acids is 1. The molecule has 0 bridgehead atoms. The van der Waals surface area contributed by atoms with E-state index in [-0.39, 0.29) is 12.2 Å². The minimum atomic E-state index is -3.87. The van der Waals surface area contributed by atoms with E-state index < -0.39 is 31.0 Å². The highest BCUT2D eigenvalue weighted by Crippen LogP contribution is 2.23. The summed E-state index contributed by atoms with van der Waals surface area (Å²) in [4.78, 5) is 11.2. The smallest absolute Gasteiger partial charge is 0.228 e. The van der Waals surface area contributed by atoms with E-state index in [1.807, 2.05) is 0 Å². The zero-order valence-electron chi connectivity index (χ0n) is 11.3. The van der Waals surface area contributed by atoms with Crippen LogP contribution < -0.4 is 0 Å². The number of hydrogen-bond donors (Lipinski definition) is 0. The monoisotopic (exact) mass is 311 g/mol. The summed E-state index contributed by atoms with van der Waals surface area (Å²) in [7, 11) is -7.48. The van der Waals surface area contributed by atoms with Gasteiger partial charge >= 0.3 is 0 Å². The maximum atomic E-state index is 12.2. The standard InChI is InChI=1S/C11H21NO5S2/c1-10(13)8-11-6-4-3-5-7-12(11)19(16,17)9-18(2,14)15/h11H,3-9H2,1-2H3. The molecule has 0 N–H and O–H groups in total. The molecule has 112 valence electrons. The molecule has 1 heterocycles. The average Bonchev–Trinajstić information content (AvgIpc) is 2.38. The molecule has 1 atom stereocenters. The Balaban J connectivity index is 2.99. The number of sulfone groups is 1. The van der Waals surface area contributed by atoms with E-state index >= 15 is 0 Å². The third-order valence-electron chi connectivity index (χ3n) is 3.07. The second-order valence-electron chi connectivity index (χ2n) is 5.18. The lowest BCUT2D eigenvalue weighted by atomic mass is 10.1. The molecule has 8 heteroatoms. The van der Waals surface area contributed by atoms with Gasteiger partial charge in [-0.05, 0) is 19.8 Å². The van der Waals surface area contributed by atoms with Crippen LogP contribution in [0.4, 0.5) is 0 Å². The highest BCUT2D eigenvalue weighted by molar-refractivity contribution is 8.06. The molecule has 0 aliphatic carbocycles. The van der Waals surface area contributed by atoms with Crippen LogP contribution in [0.2, 0.25) is 0 Å². The first-order chi connectivity index (χ1) is 8.62. The average molecular weight is 311 g/mol. The van der Waals surface area contributed by atoms with Gasteiger partial charge in [-0.15, -0.1) is 0 Å². The molecule has 19 heavy (non-hydrogen) atoms. The van der Waals surface area contributed by atoms with E-state index in [1.54, 1.807) is 0 Å². The molecule has 0 aromatic carbocycles. The molecule has 0 amide bonds. The Kier molecular flexibility index (Phi) is 5.52. The van der Waals surface area contributed by atoms with Crippen LogP contribution in [-0.4, -0.2) is 50.9 Å². The van der Waals surface area contributed by atoms with Gasteiger partial charge in [0.25, 0.3) is 0 Å². The minimum Gasteiger partial charge on any atom is -0.300 e. The minimum absolute atomic E-state index is 0.0774. The van der Waals surface area contributed by atoms with Gasteiger partial charge in [0.2, 0.25) is 10.0 Å². The van der Waals surface area contributed by atoms with Crippen LogP contribution >= 0.6 is 0 Å². The fourth-order valence-corrected chi connectivity index (χ4v) is 6.14. The first-order valence-corrected chi connectivity index (χ1v) is 9.95. The number of sulfonamides is 1. The van der Waals surface area contributed by atoms with Crippen molar-refractivity contribution in [1.29, 1.82) is 0 Å². The Morgan fingerprint density at radius 3 is 2.32 bits per heavy atom. The van der Waals surface area contributed by atoms with Crippen LogP contribution in [0.15, 0.2) is 0 Å². The molecule has 0 aromatic rings. The molecule has 1 fully saturated rings. The molecule has 1 saturated heterocycles. The molecule has 0 saturated carbocycles. The van der Waals surface area contributed by atoms with Crippen molar-refractivity contribution in [2.45, 2.75) is 45.1 Å². The second-order valence-corrected chi connectivity index (χ2v) is 9.60. The number of carbonyl (C=O) groups is 1. The molecule has 6 nitrogen and oxygen atoms in total. The maximum Gasteiger partial charge on any atom is 0.228 e. The Morgan fingerprint density at radius 2 is 1.79 bits per heavy atom. The third kappa shape index (κ3) is 5.58. The van der Waals surface area contributed by atoms with E-state index in [4.69, 9.17) is 0 Å². The van der Waals surface area contributed by atoms with Crippen molar-refractivity contribution in [3.8, 4) is 0 Å². The Bertz CT molecular complexity index is 523. The van der Waals surface area contributed by atoms with Crippen molar-refractivity contribution in [1.82, 2.24) is 4.31 Å². The largest absolute Gasteiger partial charge is 0.300 e. The summed E-state index contributed by atoms with van der Waals surface area (Å²) < 4.78 is 48.1. The van der Waals surface area contributed by atoms with Crippen LogP contribution in [0, 0.1) is 0 Å². The number of rotatable bonds is 5. The summed E-state index contributed by atoms with van der Waals surface area (Å²) in [5.74, 6) is -0.0774. The van der Waals surface area contributed by atoms with E-state index in [1.165, 1.54) is 11.2 Å². The van der Waals surface area contributed by atoms with Crippen LogP contribution in [0.25, 0.3) is 0 Å². The molecule has 0 aromatic heterocycles. The third-order valence-corrected chi connectivity index (χ3v) is 7.17. The van der Waals surface area contributed by atoms with Gasteiger partial charge in [-0.1, -0.05) is 12.8 Å². The van der Waals surface area contributed by atoms with Gasteiger partial charge in [0.15, 0.2) is 14.9 Å². The first kappa shape index (κ1) is 16.6. The summed E-state index contributed by atoms with van der Waals surface area (Å²) in [5, 5.41) is -0.881. The number of ketones is 1. The van der Waals surface area contributed by atoms with Gasteiger partial charge in [0.05, 0.1) is 0 Å². The van der Waals surface area contributed by atoms with E-state index in [0.717, 1.165) is 19.1 Å². The van der Waals surface area contributed by atoms with E-state index in [2.05, 4.69) is 0 Å².